The predicted octanol–water partition coefficient (Wildman–Crippen LogP) is 7.34. The van der Waals surface area contributed by atoms with Gasteiger partial charge < -0.3 is 0 Å². The van der Waals surface area contributed by atoms with Crippen LogP contribution in [0.1, 0.15) is 90.4 Å². The van der Waals surface area contributed by atoms with Gasteiger partial charge >= 0.3 is 0 Å². The van der Waals surface area contributed by atoms with Gasteiger partial charge in [-0.25, -0.2) is 0 Å². The van der Waals surface area contributed by atoms with Gasteiger partial charge in [-0.2, -0.15) is 0 Å². The molecule has 0 aliphatic rings. The van der Waals surface area contributed by atoms with Crippen LogP contribution in [0.3, 0.4) is 0 Å². The summed E-state index contributed by atoms with van der Waals surface area (Å²) in [7, 11) is 0. The van der Waals surface area contributed by atoms with Gasteiger partial charge in [0.15, 0.2) is 0 Å². The highest BCUT2D eigenvalue weighted by atomic mass is 35.5. The molecule has 4 heteroatoms. The SMILES string of the molecule is CCCCC/C=C\C/C=C\CCCCCCCCC(C(=O)Cl)C(=O)Cl. The third-order valence-electron chi connectivity index (χ3n) is 4.24. The molecule has 0 radical (unpaired) electrons. The van der Waals surface area contributed by atoms with E-state index in [1.807, 2.05) is 0 Å². The van der Waals surface area contributed by atoms with Crippen LogP contribution in [0.4, 0.5) is 0 Å². The minimum absolute atomic E-state index is 0.472. The Kier molecular flexibility index (Phi) is 17.8. The zero-order valence-corrected chi connectivity index (χ0v) is 17.2. The lowest BCUT2D eigenvalue weighted by Gasteiger charge is -2.06. The molecule has 0 N–H and O–H groups in total. The van der Waals surface area contributed by atoms with Gasteiger partial charge in [-0.1, -0.05) is 76.2 Å². The van der Waals surface area contributed by atoms with E-state index in [0.717, 1.165) is 32.1 Å². The van der Waals surface area contributed by atoms with Crippen molar-refractivity contribution in [3.05, 3.63) is 24.3 Å². The zero-order chi connectivity index (χ0) is 18.8. The second kappa shape index (κ2) is 18.2. The Morgan fingerprint density at radius 2 is 1.20 bits per heavy atom. The second-order valence-corrected chi connectivity index (χ2v) is 7.28. The van der Waals surface area contributed by atoms with E-state index < -0.39 is 16.4 Å². The molecule has 0 saturated carbocycles. The summed E-state index contributed by atoms with van der Waals surface area (Å²) >= 11 is 10.7. The van der Waals surface area contributed by atoms with Crippen molar-refractivity contribution in [2.75, 3.05) is 0 Å². The van der Waals surface area contributed by atoms with E-state index in [1.54, 1.807) is 0 Å². The molecule has 0 unspecified atom stereocenters. The lowest BCUT2D eigenvalue weighted by Crippen LogP contribution is -2.15. The van der Waals surface area contributed by atoms with E-state index in [1.165, 1.54) is 44.9 Å². The summed E-state index contributed by atoms with van der Waals surface area (Å²) in [6.07, 6.45) is 23.5. The fraction of sp³-hybridized carbons (Fsp3) is 0.714. The Hall–Kier alpha value is -0.600. The lowest BCUT2D eigenvalue weighted by molar-refractivity contribution is -0.124. The first kappa shape index (κ1) is 24.4. The molecule has 0 aromatic rings. The zero-order valence-electron chi connectivity index (χ0n) is 15.7. The largest absolute Gasteiger partial charge is 0.280 e. The maximum atomic E-state index is 11.0. The van der Waals surface area contributed by atoms with E-state index >= 15 is 0 Å². The summed E-state index contributed by atoms with van der Waals surface area (Å²) in [5, 5.41) is -1.27. The molecule has 144 valence electrons. The van der Waals surface area contributed by atoms with Gasteiger partial charge in [-0.15, -0.1) is 0 Å². The lowest BCUT2D eigenvalue weighted by atomic mass is 10.0. The van der Waals surface area contributed by atoms with Crippen molar-refractivity contribution in [3.8, 4) is 0 Å². The van der Waals surface area contributed by atoms with E-state index in [2.05, 4.69) is 31.2 Å². The van der Waals surface area contributed by atoms with Crippen LogP contribution in [-0.2, 0) is 9.59 Å². The highest BCUT2D eigenvalue weighted by molar-refractivity contribution is 6.73. The molecular weight excluding hydrogens is 355 g/mol. The molecule has 2 nitrogen and oxygen atoms in total. The fourth-order valence-electron chi connectivity index (χ4n) is 2.65. The van der Waals surface area contributed by atoms with Gasteiger partial charge in [0.2, 0.25) is 10.5 Å². The molecule has 0 saturated heterocycles. The molecule has 0 fully saturated rings. The quantitative estimate of drug-likeness (QED) is 0.113. The molecule has 0 aliphatic carbocycles. The number of carbonyl (C=O) groups excluding carboxylic acids is 2. The van der Waals surface area contributed by atoms with Gasteiger partial charge in [-0.05, 0) is 61.7 Å². The van der Waals surface area contributed by atoms with Crippen molar-refractivity contribution in [3.63, 3.8) is 0 Å². The van der Waals surface area contributed by atoms with Crippen LogP contribution < -0.4 is 0 Å². The summed E-state index contributed by atoms with van der Waals surface area (Å²) in [4.78, 5) is 22.1. The molecule has 0 atom stereocenters. The molecular formula is C21H34Cl2O2. The van der Waals surface area contributed by atoms with E-state index in [4.69, 9.17) is 23.2 Å². The smallest absolute Gasteiger partial charge is 0.233 e. The summed E-state index contributed by atoms with van der Waals surface area (Å²) in [5.41, 5.74) is 0. The van der Waals surface area contributed by atoms with Crippen LogP contribution in [-0.4, -0.2) is 10.5 Å². The molecule has 0 spiro atoms. The summed E-state index contributed by atoms with van der Waals surface area (Å²) in [5.74, 6) is -0.825. The number of unbranched alkanes of at least 4 members (excludes halogenated alkanes) is 9. The van der Waals surface area contributed by atoms with E-state index in [9.17, 15) is 9.59 Å². The van der Waals surface area contributed by atoms with Crippen molar-refractivity contribution in [1.29, 1.82) is 0 Å². The number of allylic oxidation sites excluding steroid dienone is 4. The molecule has 25 heavy (non-hydrogen) atoms. The number of hydrogen-bond acceptors (Lipinski definition) is 2. The van der Waals surface area contributed by atoms with Crippen molar-refractivity contribution in [2.45, 2.75) is 90.4 Å². The normalized spacial score (nSPS) is 11.8. The monoisotopic (exact) mass is 388 g/mol. The van der Waals surface area contributed by atoms with E-state index in [-0.39, 0.29) is 0 Å². The average Bonchev–Trinajstić information content (AvgIpc) is 2.57. The maximum absolute atomic E-state index is 11.0. The maximum Gasteiger partial charge on any atom is 0.233 e. The molecule has 0 heterocycles. The predicted molar refractivity (Wildman–Crippen MR) is 109 cm³/mol. The third kappa shape index (κ3) is 16.6. The Labute approximate surface area is 164 Å². The summed E-state index contributed by atoms with van der Waals surface area (Å²) in [6, 6.07) is 0. The van der Waals surface area contributed by atoms with Crippen molar-refractivity contribution < 1.29 is 9.59 Å². The fourth-order valence-corrected chi connectivity index (χ4v) is 3.13. The molecule has 0 bridgehead atoms. The third-order valence-corrected chi connectivity index (χ3v) is 4.77. The van der Waals surface area contributed by atoms with Crippen LogP contribution in [0.25, 0.3) is 0 Å². The van der Waals surface area contributed by atoms with Crippen LogP contribution >= 0.6 is 23.2 Å². The van der Waals surface area contributed by atoms with Crippen LogP contribution in [0.5, 0.6) is 0 Å². The molecule has 0 amide bonds. The molecule has 0 aliphatic heterocycles. The molecule has 0 aromatic heterocycles. The first-order valence-corrected chi connectivity index (χ1v) is 10.5. The van der Waals surface area contributed by atoms with Crippen LogP contribution in [0.2, 0.25) is 0 Å². The van der Waals surface area contributed by atoms with Gasteiger partial charge in [0, 0.05) is 0 Å². The number of carbonyl (C=O) groups is 2. The van der Waals surface area contributed by atoms with Crippen LogP contribution in [0.15, 0.2) is 24.3 Å². The standard InChI is InChI=1S/C21H34Cl2O2/c1-2-3-4-5-6-7-8-9-10-11-12-13-14-15-16-17-18-19(20(22)24)21(23)25/h6-7,9-10,19H,2-5,8,11-18H2,1H3/b7-6-,10-9-. The van der Waals surface area contributed by atoms with Gasteiger partial charge in [-0.3, -0.25) is 9.59 Å². The van der Waals surface area contributed by atoms with Crippen LogP contribution in [0, 0.1) is 5.92 Å². The summed E-state index contributed by atoms with van der Waals surface area (Å²) in [6.45, 7) is 2.23. The summed E-state index contributed by atoms with van der Waals surface area (Å²) < 4.78 is 0. The van der Waals surface area contributed by atoms with Crippen molar-refractivity contribution in [1.82, 2.24) is 0 Å². The highest BCUT2D eigenvalue weighted by Crippen LogP contribution is 2.17. The van der Waals surface area contributed by atoms with Gasteiger partial charge in [0.1, 0.15) is 5.92 Å². The molecule has 0 rings (SSSR count). The second-order valence-electron chi connectivity index (χ2n) is 6.53. The Morgan fingerprint density at radius 1 is 0.720 bits per heavy atom. The Bertz CT molecular complexity index is 389. The first-order valence-electron chi connectivity index (χ1n) is 9.78. The van der Waals surface area contributed by atoms with E-state index in [0.29, 0.717) is 6.42 Å². The Morgan fingerprint density at radius 3 is 1.72 bits per heavy atom. The minimum atomic E-state index is -0.825. The van der Waals surface area contributed by atoms with Gasteiger partial charge in [0.25, 0.3) is 0 Å². The number of hydrogen-bond donors (Lipinski definition) is 0. The number of rotatable bonds is 17. The van der Waals surface area contributed by atoms with Crippen molar-refractivity contribution in [2.24, 2.45) is 5.92 Å². The van der Waals surface area contributed by atoms with Crippen molar-refractivity contribution >= 4 is 33.7 Å². The topological polar surface area (TPSA) is 34.1 Å². The highest BCUT2D eigenvalue weighted by Gasteiger charge is 2.22. The average molecular weight is 389 g/mol. The van der Waals surface area contributed by atoms with Gasteiger partial charge in [0.05, 0.1) is 0 Å². The Balaban J connectivity index is 3.40. The first-order chi connectivity index (χ1) is 12.1. The minimum Gasteiger partial charge on any atom is -0.280 e. The molecule has 0 aromatic carbocycles. The number of halogens is 2.